The molecule has 5 nitrogen and oxygen atoms in total. The zero-order valence-electron chi connectivity index (χ0n) is 11.9. The molecule has 0 spiro atoms. The van der Waals surface area contributed by atoms with Gasteiger partial charge in [0, 0.05) is 31.4 Å². The molecule has 0 radical (unpaired) electrons. The molecule has 22 heavy (non-hydrogen) atoms. The van der Waals surface area contributed by atoms with E-state index in [0.29, 0.717) is 26.1 Å². The molecule has 0 unspecified atom stereocenters. The molecule has 0 saturated carbocycles. The van der Waals surface area contributed by atoms with Gasteiger partial charge in [0.2, 0.25) is 0 Å². The summed E-state index contributed by atoms with van der Waals surface area (Å²) in [6.45, 7) is 1.18. The first-order valence-electron chi connectivity index (χ1n) is 7.04. The molecule has 1 saturated heterocycles. The number of carboxylic acids is 1. The number of nitrogens with zero attached hydrogens (tertiary/aromatic N) is 1. The third-order valence-electron chi connectivity index (χ3n) is 3.63. The first-order chi connectivity index (χ1) is 10.5. The molecule has 1 amide bonds. The van der Waals surface area contributed by atoms with Crippen LogP contribution in [0, 0.1) is 5.82 Å². The van der Waals surface area contributed by atoms with Crippen molar-refractivity contribution in [2.24, 2.45) is 0 Å². The zero-order chi connectivity index (χ0) is 16.1. The minimum Gasteiger partial charge on any atom is -0.481 e. The summed E-state index contributed by atoms with van der Waals surface area (Å²) in [6.07, 6.45) is 1.18. The van der Waals surface area contributed by atoms with Crippen LogP contribution in [0.5, 0.6) is 0 Å². The molecule has 2 rings (SSSR count). The Labute approximate surface area is 136 Å². The third kappa shape index (κ3) is 4.27. The number of rotatable bonds is 5. The Morgan fingerprint density at radius 3 is 2.64 bits per heavy atom. The van der Waals surface area contributed by atoms with Crippen LogP contribution in [-0.2, 0) is 9.53 Å². The largest absolute Gasteiger partial charge is 0.481 e. The second-order valence-corrected chi connectivity index (χ2v) is 5.97. The molecule has 1 N–H and O–H groups in total. The molecule has 0 aliphatic carbocycles. The van der Waals surface area contributed by atoms with Gasteiger partial charge in [0.25, 0.3) is 5.91 Å². The fourth-order valence-corrected chi connectivity index (χ4v) is 2.70. The lowest BCUT2D eigenvalue weighted by molar-refractivity contribution is -0.137. The van der Waals surface area contributed by atoms with E-state index in [1.807, 2.05) is 0 Å². The highest BCUT2D eigenvalue weighted by Crippen LogP contribution is 2.21. The number of amides is 1. The second kappa shape index (κ2) is 7.69. The highest BCUT2D eigenvalue weighted by molar-refractivity contribution is 9.10. The Morgan fingerprint density at radius 2 is 2.05 bits per heavy atom. The summed E-state index contributed by atoms with van der Waals surface area (Å²) in [4.78, 5) is 25.0. The summed E-state index contributed by atoms with van der Waals surface area (Å²) in [5.74, 6) is -1.83. The van der Waals surface area contributed by atoms with Crippen molar-refractivity contribution in [3.05, 3.63) is 34.1 Å². The minimum absolute atomic E-state index is 0.0766. The fraction of sp³-hybridized carbons (Fsp3) is 0.467. The molecule has 120 valence electrons. The molecule has 1 aromatic rings. The smallest absolute Gasteiger partial charge is 0.305 e. The van der Waals surface area contributed by atoms with Crippen LogP contribution in [0.1, 0.15) is 29.6 Å². The van der Waals surface area contributed by atoms with Gasteiger partial charge in [-0.25, -0.2) is 4.39 Å². The predicted molar refractivity (Wildman–Crippen MR) is 81.2 cm³/mol. The number of benzene rings is 1. The maximum atomic E-state index is 13.6. The van der Waals surface area contributed by atoms with Crippen LogP contribution >= 0.6 is 15.9 Å². The van der Waals surface area contributed by atoms with Crippen molar-refractivity contribution in [2.75, 3.05) is 19.8 Å². The van der Waals surface area contributed by atoms with Crippen molar-refractivity contribution in [1.29, 1.82) is 0 Å². The zero-order valence-corrected chi connectivity index (χ0v) is 13.5. The van der Waals surface area contributed by atoms with Gasteiger partial charge in [0.15, 0.2) is 0 Å². The SMILES string of the molecule is O=C(O)CCN(C(=O)c1ccc(Br)c(F)c1)C1CCOCC1. The highest BCUT2D eigenvalue weighted by Gasteiger charge is 2.27. The third-order valence-corrected chi connectivity index (χ3v) is 4.27. The highest BCUT2D eigenvalue weighted by atomic mass is 79.9. The van der Waals surface area contributed by atoms with Gasteiger partial charge in [-0.1, -0.05) is 0 Å². The molecule has 1 aliphatic rings. The van der Waals surface area contributed by atoms with Crippen LogP contribution in [0.4, 0.5) is 4.39 Å². The molecule has 7 heteroatoms. The second-order valence-electron chi connectivity index (χ2n) is 5.11. The molecule has 1 heterocycles. The Kier molecular flexibility index (Phi) is 5.90. The fourth-order valence-electron chi connectivity index (χ4n) is 2.46. The van der Waals surface area contributed by atoms with Gasteiger partial charge in [-0.2, -0.15) is 0 Å². The van der Waals surface area contributed by atoms with Crippen LogP contribution in [-0.4, -0.2) is 47.7 Å². The van der Waals surface area contributed by atoms with E-state index < -0.39 is 11.8 Å². The van der Waals surface area contributed by atoms with E-state index in [2.05, 4.69) is 15.9 Å². The van der Waals surface area contributed by atoms with Crippen LogP contribution < -0.4 is 0 Å². The number of carboxylic acid groups (broad SMARTS) is 1. The Bertz CT molecular complexity index is 560. The van der Waals surface area contributed by atoms with Gasteiger partial charge in [0.1, 0.15) is 5.82 Å². The maximum Gasteiger partial charge on any atom is 0.305 e. The van der Waals surface area contributed by atoms with Crippen LogP contribution in [0.3, 0.4) is 0 Å². The Hall–Kier alpha value is -1.47. The van der Waals surface area contributed by atoms with Crippen LogP contribution in [0.2, 0.25) is 0 Å². The van der Waals surface area contributed by atoms with Crippen molar-refractivity contribution < 1.29 is 23.8 Å². The molecule has 1 aliphatic heterocycles. The molecular formula is C15H17BrFNO4. The van der Waals surface area contributed by atoms with E-state index >= 15 is 0 Å². The number of hydrogen-bond donors (Lipinski definition) is 1. The van der Waals surface area contributed by atoms with Crippen LogP contribution in [0.25, 0.3) is 0 Å². The van der Waals surface area contributed by atoms with E-state index in [0.717, 1.165) is 0 Å². The normalized spacial score (nSPS) is 15.5. The van der Waals surface area contributed by atoms with Gasteiger partial charge in [-0.3, -0.25) is 9.59 Å². The van der Waals surface area contributed by atoms with E-state index in [9.17, 15) is 14.0 Å². The molecule has 0 bridgehead atoms. The molecule has 0 aromatic heterocycles. The first kappa shape index (κ1) is 16.9. The van der Waals surface area contributed by atoms with E-state index in [1.54, 1.807) is 0 Å². The number of carbonyl (C=O) groups excluding carboxylic acids is 1. The van der Waals surface area contributed by atoms with Gasteiger partial charge < -0.3 is 14.7 Å². The van der Waals surface area contributed by atoms with Crippen molar-refractivity contribution in [3.63, 3.8) is 0 Å². The Balaban J connectivity index is 2.19. The lowest BCUT2D eigenvalue weighted by Crippen LogP contribution is -2.44. The average molecular weight is 374 g/mol. The summed E-state index contributed by atoms with van der Waals surface area (Å²) < 4.78 is 19.2. The van der Waals surface area contributed by atoms with Gasteiger partial charge in [-0.05, 0) is 47.0 Å². The molecule has 1 aromatic carbocycles. The monoisotopic (exact) mass is 373 g/mol. The lowest BCUT2D eigenvalue weighted by atomic mass is 10.0. The van der Waals surface area contributed by atoms with Crippen molar-refractivity contribution in [3.8, 4) is 0 Å². The van der Waals surface area contributed by atoms with Crippen molar-refractivity contribution >= 4 is 27.8 Å². The van der Waals surface area contributed by atoms with E-state index in [-0.39, 0.29) is 35.0 Å². The summed E-state index contributed by atoms with van der Waals surface area (Å²) in [6, 6.07) is 4.09. The maximum absolute atomic E-state index is 13.6. The van der Waals surface area contributed by atoms with Gasteiger partial charge in [0.05, 0.1) is 10.9 Å². The number of aliphatic carboxylic acids is 1. The predicted octanol–water partition coefficient (Wildman–Crippen LogP) is 2.68. The standard InChI is InChI=1S/C15H17BrFNO4/c16-12-2-1-10(9-13(12)17)15(21)18(6-3-14(19)20)11-4-7-22-8-5-11/h1-2,9,11H,3-8H2,(H,19,20). The van der Waals surface area contributed by atoms with Gasteiger partial charge >= 0.3 is 5.97 Å². The summed E-state index contributed by atoms with van der Waals surface area (Å²) in [7, 11) is 0. The summed E-state index contributed by atoms with van der Waals surface area (Å²) in [5, 5.41) is 8.86. The topological polar surface area (TPSA) is 66.8 Å². The van der Waals surface area contributed by atoms with Crippen LogP contribution in [0.15, 0.2) is 22.7 Å². The van der Waals surface area contributed by atoms with Crippen molar-refractivity contribution in [1.82, 2.24) is 4.90 Å². The number of hydrogen-bond acceptors (Lipinski definition) is 3. The van der Waals surface area contributed by atoms with Crippen molar-refractivity contribution in [2.45, 2.75) is 25.3 Å². The number of carbonyl (C=O) groups is 2. The number of ether oxygens (including phenoxy) is 1. The minimum atomic E-state index is -0.966. The first-order valence-corrected chi connectivity index (χ1v) is 7.84. The molecule has 0 atom stereocenters. The van der Waals surface area contributed by atoms with E-state index in [4.69, 9.17) is 9.84 Å². The number of halogens is 2. The summed E-state index contributed by atoms with van der Waals surface area (Å²) >= 11 is 3.05. The Morgan fingerprint density at radius 1 is 1.36 bits per heavy atom. The molecule has 1 fully saturated rings. The lowest BCUT2D eigenvalue weighted by Gasteiger charge is -2.34. The quantitative estimate of drug-likeness (QED) is 0.861. The summed E-state index contributed by atoms with van der Waals surface area (Å²) in [5.41, 5.74) is 0.220. The molecular weight excluding hydrogens is 357 g/mol. The average Bonchev–Trinajstić information content (AvgIpc) is 2.51. The van der Waals surface area contributed by atoms with Gasteiger partial charge in [-0.15, -0.1) is 0 Å². The van der Waals surface area contributed by atoms with E-state index in [1.165, 1.54) is 23.1 Å².